The molecule has 3 aliphatic rings. The Kier molecular flexibility index (Phi) is 4.31. The maximum absolute atomic E-state index is 11.1. The van der Waals surface area contributed by atoms with Crippen molar-refractivity contribution in [1.82, 2.24) is 4.90 Å². The number of piperidine rings is 1. The van der Waals surface area contributed by atoms with E-state index in [1.54, 1.807) is 0 Å². The van der Waals surface area contributed by atoms with E-state index in [1.165, 1.54) is 35.6 Å². The van der Waals surface area contributed by atoms with Gasteiger partial charge in [-0.2, -0.15) is 0 Å². The Labute approximate surface area is 160 Å². The number of carboxylic acids is 1. The minimum Gasteiger partial charge on any atom is -0.490 e. The van der Waals surface area contributed by atoms with Gasteiger partial charge in [-0.05, 0) is 91.6 Å². The summed E-state index contributed by atoms with van der Waals surface area (Å²) in [6, 6.07) is 13.1. The second kappa shape index (κ2) is 6.83. The fourth-order valence-electron chi connectivity index (χ4n) is 4.99. The van der Waals surface area contributed by atoms with Gasteiger partial charge in [0.1, 0.15) is 5.75 Å². The summed E-state index contributed by atoms with van der Waals surface area (Å²) in [5, 5.41) is 11.6. The maximum Gasteiger partial charge on any atom is 0.306 e. The van der Waals surface area contributed by atoms with E-state index < -0.39 is 5.97 Å². The predicted molar refractivity (Wildman–Crippen MR) is 105 cm³/mol. The van der Waals surface area contributed by atoms with Crippen molar-refractivity contribution in [2.75, 3.05) is 13.1 Å². The average Bonchev–Trinajstić information content (AvgIpc) is 3.28. The van der Waals surface area contributed by atoms with Crippen molar-refractivity contribution in [3.63, 3.8) is 0 Å². The lowest BCUT2D eigenvalue weighted by atomic mass is 9.96. The van der Waals surface area contributed by atoms with Gasteiger partial charge in [0.25, 0.3) is 0 Å². The fraction of sp³-hybridized carbons (Fsp3) is 0.522. The monoisotopic (exact) mass is 365 g/mol. The minimum atomic E-state index is -0.645. The third-order valence-electron chi connectivity index (χ3n) is 6.72. The highest BCUT2D eigenvalue weighted by atomic mass is 16.5. The largest absolute Gasteiger partial charge is 0.490 e. The van der Waals surface area contributed by atoms with Crippen LogP contribution in [0.3, 0.4) is 0 Å². The summed E-state index contributed by atoms with van der Waals surface area (Å²) in [6.07, 6.45) is 5.83. The molecule has 3 fully saturated rings. The summed E-state index contributed by atoms with van der Waals surface area (Å²) >= 11 is 0. The molecule has 4 heteroatoms. The molecule has 1 N–H and O–H groups in total. The number of nitrogens with zero attached hydrogens (tertiary/aromatic N) is 1. The van der Waals surface area contributed by atoms with Gasteiger partial charge in [0.2, 0.25) is 0 Å². The van der Waals surface area contributed by atoms with Gasteiger partial charge in [-0.15, -0.1) is 0 Å². The van der Waals surface area contributed by atoms with E-state index in [0.717, 1.165) is 50.1 Å². The Morgan fingerprint density at radius 2 is 1.70 bits per heavy atom. The molecule has 2 aromatic carbocycles. The van der Waals surface area contributed by atoms with Crippen molar-refractivity contribution in [3.8, 4) is 5.75 Å². The molecule has 0 radical (unpaired) electrons. The zero-order chi connectivity index (χ0) is 18.4. The molecule has 2 atom stereocenters. The zero-order valence-electron chi connectivity index (χ0n) is 15.6. The zero-order valence-corrected chi connectivity index (χ0v) is 15.6. The number of fused-ring (bicyclic) bond motifs is 2. The number of carboxylic acid groups (broad SMARTS) is 1. The van der Waals surface area contributed by atoms with E-state index in [1.807, 2.05) is 0 Å². The van der Waals surface area contributed by atoms with Crippen LogP contribution in [-0.2, 0) is 11.3 Å². The van der Waals surface area contributed by atoms with Crippen molar-refractivity contribution < 1.29 is 14.6 Å². The Morgan fingerprint density at radius 1 is 1.00 bits per heavy atom. The van der Waals surface area contributed by atoms with Crippen molar-refractivity contribution in [2.24, 2.45) is 17.8 Å². The predicted octanol–water partition coefficient (Wildman–Crippen LogP) is 4.31. The number of aliphatic carboxylic acids is 1. The van der Waals surface area contributed by atoms with E-state index >= 15 is 0 Å². The minimum absolute atomic E-state index is 0.165. The number of hydrogen-bond donors (Lipinski definition) is 1. The summed E-state index contributed by atoms with van der Waals surface area (Å²) in [5.74, 6) is 2.07. The summed E-state index contributed by atoms with van der Waals surface area (Å²) < 4.78 is 6.21. The molecular formula is C23H27NO3. The van der Waals surface area contributed by atoms with E-state index in [0.29, 0.717) is 6.10 Å². The van der Waals surface area contributed by atoms with Crippen molar-refractivity contribution in [3.05, 3.63) is 42.0 Å². The Bertz CT molecular complexity index is 846. The van der Waals surface area contributed by atoms with Gasteiger partial charge >= 0.3 is 5.97 Å². The molecule has 0 aromatic heterocycles. The van der Waals surface area contributed by atoms with Gasteiger partial charge in [0, 0.05) is 6.54 Å². The van der Waals surface area contributed by atoms with Crippen LogP contribution in [-0.4, -0.2) is 35.2 Å². The van der Waals surface area contributed by atoms with Crippen molar-refractivity contribution in [1.29, 1.82) is 0 Å². The highest BCUT2D eigenvalue weighted by Crippen LogP contribution is 2.52. The summed E-state index contributed by atoms with van der Waals surface area (Å²) in [7, 11) is 0. The molecule has 1 saturated heterocycles. The van der Waals surface area contributed by atoms with Gasteiger partial charge in [-0.1, -0.05) is 18.2 Å². The Balaban J connectivity index is 1.23. The smallest absolute Gasteiger partial charge is 0.306 e. The first-order valence-corrected chi connectivity index (χ1v) is 10.3. The van der Waals surface area contributed by atoms with E-state index in [-0.39, 0.29) is 5.92 Å². The van der Waals surface area contributed by atoms with Crippen LogP contribution in [0.4, 0.5) is 0 Å². The number of carbonyl (C=O) groups is 1. The van der Waals surface area contributed by atoms with Crippen molar-refractivity contribution >= 4 is 16.7 Å². The molecule has 0 amide bonds. The molecule has 2 aromatic rings. The quantitative estimate of drug-likeness (QED) is 0.858. The SMILES string of the molecule is O=C(O)C1CCN(Cc2ccc3cc(OC4CC5CC5C4)ccc3c2)CC1. The van der Waals surface area contributed by atoms with Crippen LogP contribution in [0.25, 0.3) is 10.8 Å². The molecule has 0 spiro atoms. The van der Waals surface area contributed by atoms with Crippen LogP contribution < -0.4 is 4.74 Å². The van der Waals surface area contributed by atoms with Crippen LogP contribution in [0.5, 0.6) is 5.75 Å². The van der Waals surface area contributed by atoms with E-state index in [4.69, 9.17) is 9.84 Å². The Morgan fingerprint density at radius 3 is 2.44 bits per heavy atom. The first-order valence-electron chi connectivity index (χ1n) is 10.3. The topological polar surface area (TPSA) is 49.8 Å². The second-order valence-corrected chi connectivity index (χ2v) is 8.70. The molecule has 4 nitrogen and oxygen atoms in total. The van der Waals surface area contributed by atoms with Crippen LogP contribution in [0.1, 0.15) is 37.7 Å². The first-order chi connectivity index (χ1) is 13.1. The number of likely N-dealkylation sites (tertiary alicyclic amines) is 1. The van der Waals surface area contributed by atoms with Gasteiger partial charge in [-0.25, -0.2) is 0 Å². The molecule has 1 heterocycles. The standard InChI is InChI=1S/C23H27NO3/c25-23(26)16-5-7-24(8-6-16)14-15-1-2-18-11-21(4-3-17(18)9-15)27-22-12-19-10-20(19)13-22/h1-4,9,11,16,19-20,22H,5-8,10,12-14H2,(H,25,26). The van der Waals surface area contributed by atoms with E-state index in [9.17, 15) is 4.79 Å². The van der Waals surface area contributed by atoms with Gasteiger partial charge < -0.3 is 9.84 Å². The van der Waals surface area contributed by atoms with E-state index in [2.05, 4.69) is 41.3 Å². The number of ether oxygens (including phenoxy) is 1. The summed E-state index contributed by atoms with van der Waals surface area (Å²) in [6.45, 7) is 2.63. The lowest BCUT2D eigenvalue weighted by molar-refractivity contribution is -0.143. The fourth-order valence-corrected chi connectivity index (χ4v) is 4.99. The van der Waals surface area contributed by atoms with Gasteiger partial charge in [0.05, 0.1) is 12.0 Å². The summed E-state index contributed by atoms with van der Waals surface area (Å²) in [4.78, 5) is 13.5. The first kappa shape index (κ1) is 17.1. The van der Waals surface area contributed by atoms with Crippen molar-refractivity contribution in [2.45, 2.75) is 44.8 Å². The molecule has 2 aliphatic carbocycles. The third kappa shape index (κ3) is 3.68. The summed E-state index contributed by atoms with van der Waals surface area (Å²) in [5.41, 5.74) is 1.29. The lowest BCUT2D eigenvalue weighted by Gasteiger charge is -2.30. The molecule has 2 unspecified atom stereocenters. The van der Waals surface area contributed by atoms with Crippen LogP contribution in [0, 0.1) is 17.8 Å². The van der Waals surface area contributed by atoms with Gasteiger partial charge in [-0.3, -0.25) is 9.69 Å². The lowest BCUT2D eigenvalue weighted by Crippen LogP contribution is -2.35. The molecule has 2 saturated carbocycles. The normalized spacial score (nSPS) is 28.2. The molecule has 5 rings (SSSR count). The second-order valence-electron chi connectivity index (χ2n) is 8.70. The maximum atomic E-state index is 11.1. The van der Waals surface area contributed by atoms with Gasteiger partial charge in [0.15, 0.2) is 0 Å². The number of hydrogen-bond acceptors (Lipinski definition) is 3. The molecule has 0 bridgehead atoms. The average molecular weight is 365 g/mol. The number of benzene rings is 2. The van der Waals surface area contributed by atoms with Crippen LogP contribution in [0.2, 0.25) is 0 Å². The van der Waals surface area contributed by atoms with Crippen LogP contribution in [0.15, 0.2) is 36.4 Å². The molecule has 27 heavy (non-hydrogen) atoms. The number of rotatable bonds is 5. The third-order valence-corrected chi connectivity index (χ3v) is 6.72. The molecule has 142 valence electrons. The molecule has 1 aliphatic heterocycles. The highest BCUT2D eigenvalue weighted by Gasteiger charge is 2.46. The van der Waals surface area contributed by atoms with Crippen LogP contribution >= 0.6 is 0 Å². The Hall–Kier alpha value is -2.07. The highest BCUT2D eigenvalue weighted by molar-refractivity contribution is 5.84. The molecular weight excluding hydrogens is 338 g/mol.